The van der Waals surface area contributed by atoms with Crippen LogP contribution in [0.15, 0.2) is 18.2 Å². The summed E-state index contributed by atoms with van der Waals surface area (Å²) in [5, 5.41) is 3.06. The van der Waals surface area contributed by atoms with Crippen LogP contribution in [-0.4, -0.2) is 36.7 Å². The average Bonchev–Trinajstić information content (AvgIpc) is 2.48. The molecular weight excluding hydrogens is 272 g/mol. The molecule has 0 aromatic heterocycles. The molecule has 0 radical (unpaired) electrons. The van der Waals surface area contributed by atoms with Gasteiger partial charge in [0.15, 0.2) is 0 Å². The number of benzene rings is 1. The van der Waals surface area contributed by atoms with E-state index in [2.05, 4.69) is 11.6 Å². The molecule has 0 spiro atoms. The topological polar surface area (TPSA) is 64.4 Å². The highest BCUT2D eigenvalue weighted by molar-refractivity contribution is 8.00. The SMILES string of the molecule is CSC1(CNC(=O)c2cc(N)ccc2C)CCOCC1. The molecule has 1 fully saturated rings. The maximum Gasteiger partial charge on any atom is 0.251 e. The smallest absolute Gasteiger partial charge is 0.251 e. The van der Waals surface area contributed by atoms with Crippen LogP contribution in [0.25, 0.3) is 0 Å². The molecule has 0 aliphatic carbocycles. The van der Waals surface area contributed by atoms with Crippen molar-refractivity contribution in [3.05, 3.63) is 29.3 Å². The summed E-state index contributed by atoms with van der Waals surface area (Å²) in [6.07, 6.45) is 4.05. The van der Waals surface area contributed by atoms with E-state index in [4.69, 9.17) is 10.5 Å². The minimum atomic E-state index is -0.0466. The summed E-state index contributed by atoms with van der Waals surface area (Å²) in [5.41, 5.74) is 7.98. The van der Waals surface area contributed by atoms with E-state index in [1.165, 1.54) is 0 Å². The van der Waals surface area contributed by atoms with Gasteiger partial charge in [-0.2, -0.15) is 11.8 Å². The zero-order chi connectivity index (χ0) is 14.6. The van der Waals surface area contributed by atoms with Crippen molar-refractivity contribution in [3.8, 4) is 0 Å². The lowest BCUT2D eigenvalue weighted by Gasteiger charge is -2.35. The van der Waals surface area contributed by atoms with Crippen molar-refractivity contribution in [3.63, 3.8) is 0 Å². The van der Waals surface area contributed by atoms with Gasteiger partial charge in [0.1, 0.15) is 0 Å². The normalized spacial score (nSPS) is 17.7. The fourth-order valence-electron chi connectivity index (χ4n) is 2.42. The van der Waals surface area contributed by atoms with Crippen molar-refractivity contribution in [2.24, 2.45) is 0 Å². The lowest BCUT2D eigenvalue weighted by atomic mass is 9.98. The summed E-state index contributed by atoms with van der Waals surface area (Å²) in [4.78, 5) is 12.3. The van der Waals surface area contributed by atoms with Gasteiger partial charge in [0.25, 0.3) is 5.91 Å². The van der Waals surface area contributed by atoms with Gasteiger partial charge >= 0.3 is 0 Å². The van der Waals surface area contributed by atoms with Crippen LogP contribution in [0.5, 0.6) is 0 Å². The van der Waals surface area contributed by atoms with E-state index in [0.29, 0.717) is 17.8 Å². The van der Waals surface area contributed by atoms with Crippen LogP contribution in [0, 0.1) is 6.92 Å². The zero-order valence-corrected chi connectivity index (χ0v) is 12.9. The van der Waals surface area contributed by atoms with Crippen LogP contribution in [0.4, 0.5) is 5.69 Å². The van der Waals surface area contributed by atoms with Crippen molar-refractivity contribution in [1.29, 1.82) is 0 Å². The number of hydrogen-bond acceptors (Lipinski definition) is 4. The molecule has 5 heteroatoms. The van der Waals surface area contributed by atoms with E-state index in [-0.39, 0.29) is 10.7 Å². The number of rotatable bonds is 4. The van der Waals surface area contributed by atoms with Gasteiger partial charge in [-0.1, -0.05) is 6.07 Å². The van der Waals surface area contributed by atoms with Gasteiger partial charge in [0.05, 0.1) is 0 Å². The van der Waals surface area contributed by atoms with Gasteiger partial charge in [0.2, 0.25) is 0 Å². The molecule has 4 nitrogen and oxygen atoms in total. The number of amides is 1. The van der Waals surface area contributed by atoms with Crippen molar-refractivity contribution in [2.45, 2.75) is 24.5 Å². The Kier molecular flexibility index (Phi) is 4.94. The lowest BCUT2D eigenvalue weighted by Crippen LogP contribution is -2.44. The van der Waals surface area contributed by atoms with Gasteiger partial charge in [0, 0.05) is 35.8 Å². The fourth-order valence-corrected chi connectivity index (χ4v) is 3.21. The molecule has 1 heterocycles. The van der Waals surface area contributed by atoms with E-state index in [1.54, 1.807) is 6.07 Å². The quantitative estimate of drug-likeness (QED) is 0.836. The Labute approximate surface area is 124 Å². The van der Waals surface area contributed by atoms with Crippen LogP contribution in [-0.2, 0) is 4.74 Å². The third kappa shape index (κ3) is 3.46. The number of aryl methyl sites for hydroxylation is 1. The van der Waals surface area contributed by atoms with Gasteiger partial charge in [-0.05, 0) is 43.7 Å². The first-order valence-corrected chi connectivity index (χ1v) is 8.06. The molecule has 0 atom stereocenters. The molecule has 1 amide bonds. The Balaban J connectivity index is 2.02. The van der Waals surface area contributed by atoms with Crippen molar-refractivity contribution < 1.29 is 9.53 Å². The molecule has 1 aliphatic rings. The third-order valence-corrected chi connectivity index (χ3v) is 5.33. The first-order chi connectivity index (χ1) is 9.56. The lowest BCUT2D eigenvalue weighted by molar-refractivity contribution is 0.0742. The predicted molar refractivity (Wildman–Crippen MR) is 84.2 cm³/mol. The van der Waals surface area contributed by atoms with Crippen LogP contribution >= 0.6 is 11.8 Å². The van der Waals surface area contributed by atoms with E-state index < -0.39 is 0 Å². The van der Waals surface area contributed by atoms with Gasteiger partial charge in [-0.25, -0.2) is 0 Å². The van der Waals surface area contributed by atoms with Crippen molar-refractivity contribution in [2.75, 3.05) is 31.7 Å². The average molecular weight is 294 g/mol. The second-order valence-corrected chi connectivity index (χ2v) is 6.53. The number of thioether (sulfide) groups is 1. The number of anilines is 1. The number of nitrogens with one attached hydrogen (secondary N) is 1. The highest BCUT2D eigenvalue weighted by Crippen LogP contribution is 2.33. The Morgan fingerprint density at radius 2 is 2.15 bits per heavy atom. The minimum absolute atomic E-state index is 0.0466. The van der Waals surface area contributed by atoms with Crippen molar-refractivity contribution >= 4 is 23.4 Å². The summed E-state index contributed by atoms with van der Waals surface area (Å²) in [5.74, 6) is -0.0466. The standard InChI is InChI=1S/C15H22N2O2S/c1-11-3-4-12(16)9-13(11)14(18)17-10-15(20-2)5-7-19-8-6-15/h3-4,9H,5-8,10,16H2,1-2H3,(H,17,18). The summed E-state index contributed by atoms with van der Waals surface area (Å²) in [6, 6.07) is 5.43. The number of hydrogen-bond donors (Lipinski definition) is 2. The van der Waals surface area contributed by atoms with Crippen LogP contribution in [0.2, 0.25) is 0 Å². The molecule has 2 rings (SSSR count). The van der Waals surface area contributed by atoms with E-state index >= 15 is 0 Å². The fraction of sp³-hybridized carbons (Fsp3) is 0.533. The number of nitrogens with two attached hydrogens (primary N) is 1. The Morgan fingerprint density at radius 1 is 1.45 bits per heavy atom. The molecule has 1 aliphatic heterocycles. The van der Waals surface area contributed by atoms with E-state index in [9.17, 15) is 4.79 Å². The van der Waals surface area contributed by atoms with Crippen LogP contribution < -0.4 is 11.1 Å². The van der Waals surface area contributed by atoms with Crippen LogP contribution in [0.3, 0.4) is 0 Å². The third-order valence-electron chi connectivity index (χ3n) is 3.91. The second-order valence-electron chi connectivity index (χ2n) is 5.26. The molecule has 1 aromatic rings. The predicted octanol–water partition coefficient (Wildman–Crippen LogP) is 2.22. The van der Waals surface area contributed by atoms with Gasteiger partial charge < -0.3 is 15.8 Å². The summed E-state index contributed by atoms with van der Waals surface area (Å²) < 4.78 is 5.51. The molecule has 20 heavy (non-hydrogen) atoms. The monoisotopic (exact) mass is 294 g/mol. The molecule has 1 aromatic carbocycles. The number of ether oxygens (including phenoxy) is 1. The van der Waals surface area contributed by atoms with Gasteiger partial charge in [-0.15, -0.1) is 0 Å². The Bertz CT molecular complexity index is 485. The molecule has 110 valence electrons. The minimum Gasteiger partial charge on any atom is -0.399 e. The summed E-state index contributed by atoms with van der Waals surface area (Å²) >= 11 is 1.82. The highest BCUT2D eigenvalue weighted by Gasteiger charge is 2.32. The zero-order valence-electron chi connectivity index (χ0n) is 12.1. The molecule has 0 bridgehead atoms. The number of nitrogen functional groups attached to an aromatic ring is 1. The van der Waals surface area contributed by atoms with Crippen molar-refractivity contribution in [1.82, 2.24) is 5.32 Å². The Morgan fingerprint density at radius 3 is 2.80 bits per heavy atom. The largest absolute Gasteiger partial charge is 0.399 e. The molecule has 0 unspecified atom stereocenters. The molecule has 1 saturated heterocycles. The first-order valence-electron chi connectivity index (χ1n) is 6.83. The number of carbonyl (C=O) groups is 1. The van der Waals surface area contributed by atoms with Crippen LogP contribution in [0.1, 0.15) is 28.8 Å². The Hall–Kier alpha value is -1.20. The molecular formula is C15H22N2O2S. The maximum absolute atomic E-state index is 12.3. The van der Waals surface area contributed by atoms with E-state index in [0.717, 1.165) is 31.6 Å². The van der Waals surface area contributed by atoms with E-state index in [1.807, 2.05) is 30.8 Å². The van der Waals surface area contributed by atoms with Gasteiger partial charge in [-0.3, -0.25) is 4.79 Å². The summed E-state index contributed by atoms with van der Waals surface area (Å²) in [6.45, 7) is 4.14. The first kappa shape index (κ1) is 15.2. The highest BCUT2D eigenvalue weighted by atomic mass is 32.2. The summed E-state index contributed by atoms with van der Waals surface area (Å²) in [7, 11) is 0. The molecule has 0 saturated carbocycles. The second kappa shape index (κ2) is 6.50. The number of carbonyl (C=O) groups excluding carboxylic acids is 1. The molecule has 3 N–H and O–H groups in total. The maximum atomic E-state index is 12.3.